The fraction of sp³-hybridized carbons (Fsp3) is 0.323. The fourth-order valence-corrected chi connectivity index (χ4v) is 7.86. The molecule has 0 amide bonds. The number of rotatable bonds is 7. The highest BCUT2D eigenvalue weighted by Crippen LogP contribution is 2.36. The van der Waals surface area contributed by atoms with Crippen molar-refractivity contribution < 1.29 is 0 Å². The summed E-state index contributed by atoms with van der Waals surface area (Å²) < 4.78 is 3.73. The van der Waals surface area contributed by atoms with E-state index >= 15 is 0 Å². The second kappa shape index (κ2) is 10.0. The van der Waals surface area contributed by atoms with Crippen LogP contribution < -0.4 is 5.73 Å². The van der Waals surface area contributed by atoms with Gasteiger partial charge >= 0.3 is 0 Å². The number of aromatic nitrogens is 3. The van der Waals surface area contributed by atoms with Crippen molar-refractivity contribution in [2.45, 2.75) is 65.2 Å². The van der Waals surface area contributed by atoms with E-state index in [1.54, 1.807) is 34.0 Å². The number of anilines is 1. The number of nitrogens with two attached hydrogens (primary N) is 1. The van der Waals surface area contributed by atoms with Crippen LogP contribution in [0.5, 0.6) is 0 Å². The standard InChI is InChI=1S/C31H32N4S3/c1-16(2)21-10-23(30-28(13-21)38-31(32)35-30)9-18(4)22-11-24(29-27(14-22)37-19(5)34-29)8-17(3)20-6-7-25-26(12-20)36-15-33-25/h6-7,10-18H,8-9H2,1-5H3,(H2,32,35). The summed E-state index contributed by atoms with van der Waals surface area (Å²) in [4.78, 5) is 14.1. The van der Waals surface area contributed by atoms with Crippen molar-refractivity contribution in [2.75, 3.05) is 5.73 Å². The van der Waals surface area contributed by atoms with Crippen LogP contribution in [0.15, 0.2) is 48.0 Å². The van der Waals surface area contributed by atoms with Crippen molar-refractivity contribution in [3.8, 4) is 0 Å². The van der Waals surface area contributed by atoms with E-state index in [1.165, 1.54) is 41.9 Å². The van der Waals surface area contributed by atoms with Crippen LogP contribution in [0.1, 0.15) is 78.3 Å². The zero-order valence-corrected chi connectivity index (χ0v) is 24.9. The third-order valence-corrected chi connectivity index (χ3v) is 10.1. The summed E-state index contributed by atoms with van der Waals surface area (Å²) in [6.45, 7) is 11.3. The van der Waals surface area contributed by atoms with E-state index in [2.05, 4.69) is 82.1 Å². The van der Waals surface area contributed by atoms with E-state index in [9.17, 15) is 0 Å². The molecule has 0 aliphatic rings. The molecule has 3 aromatic carbocycles. The molecule has 0 saturated carbocycles. The van der Waals surface area contributed by atoms with Gasteiger partial charge in [0.15, 0.2) is 5.13 Å². The molecule has 0 spiro atoms. The number of hydrogen-bond acceptors (Lipinski definition) is 7. The Bertz CT molecular complexity index is 1770. The second-order valence-electron chi connectivity index (χ2n) is 10.8. The van der Waals surface area contributed by atoms with Crippen LogP contribution in [-0.4, -0.2) is 15.0 Å². The van der Waals surface area contributed by atoms with E-state index in [0.29, 0.717) is 22.9 Å². The van der Waals surface area contributed by atoms with Gasteiger partial charge in [0, 0.05) is 0 Å². The maximum atomic E-state index is 6.13. The molecule has 0 saturated heterocycles. The minimum atomic E-state index is 0.345. The van der Waals surface area contributed by atoms with Gasteiger partial charge < -0.3 is 5.73 Å². The molecule has 38 heavy (non-hydrogen) atoms. The number of benzene rings is 3. The molecule has 0 aliphatic carbocycles. The molecule has 0 bridgehead atoms. The van der Waals surface area contributed by atoms with Crippen LogP contribution in [-0.2, 0) is 12.8 Å². The molecule has 6 rings (SSSR count). The van der Waals surface area contributed by atoms with Crippen molar-refractivity contribution in [3.05, 3.63) is 80.8 Å². The van der Waals surface area contributed by atoms with Gasteiger partial charge in [-0.05, 0) is 89.6 Å². The maximum Gasteiger partial charge on any atom is 0.181 e. The highest BCUT2D eigenvalue weighted by molar-refractivity contribution is 7.22. The molecule has 4 nitrogen and oxygen atoms in total. The van der Waals surface area contributed by atoms with Crippen LogP contribution in [0.4, 0.5) is 5.13 Å². The van der Waals surface area contributed by atoms with Crippen LogP contribution >= 0.6 is 34.0 Å². The van der Waals surface area contributed by atoms with Crippen molar-refractivity contribution >= 4 is 69.8 Å². The van der Waals surface area contributed by atoms with Gasteiger partial charge in [-0.1, -0.05) is 57.2 Å². The first-order chi connectivity index (χ1) is 18.2. The summed E-state index contributed by atoms with van der Waals surface area (Å²) in [6, 6.07) is 16.1. The van der Waals surface area contributed by atoms with Gasteiger partial charge in [-0.15, -0.1) is 22.7 Å². The molecule has 0 aliphatic heterocycles. The molecule has 0 fully saturated rings. The Hall–Kier alpha value is -2.87. The summed E-state index contributed by atoms with van der Waals surface area (Å²) in [6.07, 6.45) is 1.89. The Morgan fingerprint density at radius 2 is 1.37 bits per heavy atom. The lowest BCUT2D eigenvalue weighted by Crippen LogP contribution is -2.04. The molecule has 2 unspecified atom stereocenters. The monoisotopic (exact) mass is 556 g/mol. The molecule has 2 N–H and O–H groups in total. The third kappa shape index (κ3) is 4.83. The lowest BCUT2D eigenvalue weighted by molar-refractivity contribution is 0.744. The van der Waals surface area contributed by atoms with Crippen LogP contribution in [0.3, 0.4) is 0 Å². The first-order valence-electron chi connectivity index (χ1n) is 13.2. The first-order valence-corrected chi connectivity index (χ1v) is 15.7. The number of nitrogen functional groups attached to an aromatic ring is 1. The number of fused-ring (bicyclic) bond motifs is 3. The Balaban J connectivity index is 1.35. The van der Waals surface area contributed by atoms with E-state index < -0.39 is 0 Å². The lowest BCUT2D eigenvalue weighted by Gasteiger charge is -2.18. The molecule has 6 aromatic rings. The largest absolute Gasteiger partial charge is 0.375 e. The zero-order chi connectivity index (χ0) is 26.6. The Morgan fingerprint density at radius 3 is 2.13 bits per heavy atom. The number of aryl methyl sites for hydroxylation is 1. The second-order valence-corrected chi connectivity index (χ2v) is 14.0. The molecular formula is C31H32N4S3. The molecule has 194 valence electrons. The van der Waals surface area contributed by atoms with Crippen LogP contribution in [0.2, 0.25) is 0 Å². The van der Waals surface area contributed by atoms with Gasteiger partial charge in [-0.2, -0.15) is 0 Å². The average molecular weight is 557 g/mol. The van der Waals surface area contributed by atoms with Gasteiger partial charge in [-0.25, -0.2) is 15.0 Å². The van der Waals surface area contributed by atoms with Gasteiger partial charge in [0.2, 0.25) is 0 Å². The summed E-state index contributed by atoms with van der Waals surface area (Å²) in [5.74, 6) is 1.20. The van der Waals surface area contributed by atoms with Crippen molar-refractivity contribution in [1.29, 1.82) is 0 Å². The molecule has 3 aromatic heterocycles. The predicted molar refractivity (Wildman–Crippen MR) is 166 cm³/mol. The average Bonchev–Trinajstić information content (AvgIpc) is 3.60. The Labute approximate surface area is 235 Å². The Morgan fingerprint density at radius 1 is 0.737 bits per heavy atom. The fourth-order valence-electron chi connectivity index (χ4n) is 5.38. The summed E-state index contributed by atoms with van der Waals surface area (Å²) in [5, 5.41) is 1.76. The molecular weight excluding hydrogens is 525 g/mol. The summed E-state index contributed by atoms with van der Waals surface area (Å²) in [5.41, 5.74) is 18.1. The zero-order valence-electron chi connectivity index (χ0n) is 22.4. The topological polar surface area (TPSA) is 64.7 Å². The smallest absolute Gasteiger partial charge is 0.181 e. The van der Waals surface area contributed by atoms with Crippen molar-refractivity contribution in [1.82, 2.24) is 15.0 Å². The van der Waals surface area contributed by atoms with Crippen molar-refractivity contribution in [3.63, 3.8) is 0 Å². The van der Waals surface area contributed by atoms with Crippen LogP contribution in [0.25, 0.3) is 30.6 Å². The van der Waals surface area contributed by atoms with Crippen molar-refractivity contribution in [2.24, 2.45) is 0 Å². The van der Waals surface area contributed by atoms with Crippen LogP contribution in [0, 0.1) is 6.92 Å². The molecule has 7 heteroatoms. The Kier molecular flexibility index (Phi) is 6.70. The van der Waals surface area contributed by atoms with Gasteiger partial charge in [0.25, 0.3) is 0 Å². The van der Waals surface area contributed by atoms with Gasteiger partial charge in [-0.3, -0.25) is 0 Å². The maximum absolute atomic E-state index is 6.13. The number of thiazole rings is 3. The summed E-state index contributed by atoms with van der Waals surface area (Å²) in [7, 11) is 0. The minimum absolute atomic E-state index is 0.345. The number of nitrogens with zero attached hydrogens (tertiary/aromatic N) is 3. The number of hydrogen-bond donors (Lipinski definition) is 1. The minimum Gasteiger partial charge on any atom is -0.375 e. The molecule has 3 heterocycles. The predicted octanol–water partition coefficient (Wildman–Crippen LogP) is 9.22. The van der Waals surface area contributed by atoms with E-state index in [0.717, 1.165) is 34.4 Å². The third-order valence-electron chi connectivity index (χ3n) is 7.53. The lowest BCUT2D eigenvalue weighted by atomic mass is 9.87. The highest BCUT2D eigenvalue weighted by Gasteiger charge is 2.19. The molecule has 2 atom stereocenters. The van der Waals surface area contributed by atoms with E-state index in [4.69, 9.17) is 15.7 Å². The highest BCUT2D eigenvalue weighted by atomic mass is 32.1. The quantitative estimate of drug-likeness (QED) is 0.213. The van der Waals surface area contributed by atoms with E-state index in [-0.39, 0.29) is 0 Å². The first kappa shape index (κ1) is 25.4. The normalized spacial score (nSPS) is 13.7. The SMILES string of the molecule is Cc1nc2c(CC(C)c3ccc4ncsc4c3)cc(C(C)Cc3cc(C(C)C)cc4sc(N)nc34)cc2s1. The van der Waals surface area contributed by atoms with E-state index in [1.807, 2.05) is 5.51 Å². The summed E-state index contributed by atoms with van der Waals surface area (Å²) >= 11 is 5.10. The molecule has 0 radical (unpaired) electrons. The van der Waals surface area contributed by atoms with Gasteiger partial charge in [0.1, 0.15) is 0 Å². The van der Waals surface area contributed by atoms with Gasteiger partial charge in [0.05, 0.1) is 41.2 Å².